The fourth-order valence-corrected chi connectivity index (χ4v) is 3.59. The summed E-state index contributed by atoms with van der Waals surface area (Å²) in [5.41, 5.74) is 1.21. The van der Waals surface area contributed by atoms with Crippen LogP contribution in [-0.2, 0) is 6.42 Å². The van der Waals surface area contributed by atoms with Crippen molar-refractivity contribution in [3.05, 3.63) is 15.6 Å². The SMILES string of the molecule is CCCCCCCCC(Cc1nc(C)c(C)s1)NCC. The smallest absolute Gasteiger partial charge is 0.0946 e. The molecular weight excluding hydrogens is 264 g/mol. The van der Waals surface area contributed by atoms with E-state index in [1.807, 2.05) is 11.3 Å². The molecule has 0 aliphatic rings. The van der Waals surface area contributed by atoms with E-state index in [9.17, 15) is 0 Å². The van der Waals surface area contributed by atoms with Gasteiger partial charge in [0.05, 0.1) is 10.7 Å². The molecular formula is C17H32N2S. The van der Waals surface area contributed by atoms with Crippen LogP contribution in [0.2, 0.25) is 0 Å². The highest BCUT2D eigenvalue weighted by molar-refractivity contribution is 7.11. The van der Waals surface area contributed by atoms with Crippen molar-refractivity contribution in [2.24, 2.45) is 0 Å². The minimum Gasteiger partial charge on any atom is -0.314 e. The lowest BCUT2D eigenvalue weighted by atomic mass is 10.0. The highest BCUT2D eigenvalue weighted by Gasteiger charge is 2.12. The number of rotatable bonds is 11. The number of hydrogen-bond acceptors (Lipinski definition) is 3. The van der Waals surface area contributed by atoms with E-state index in [4.69, 9.17) is 0 Å². The molecule has 0 saturated heterocycles. The maximum absolute atomic E-state index is 4.68. The third kappa shape index (κ3) is 6.85. The van der Waals surface area contributed by atoms with E-state index in [0.717, 1.165) is 13.0 Å². The molecule has 1 atom stereocenters. The van der Waals surface area contributed by atoms with Crippen molar-refractivity contribution in [2.45, 2.75) is 85.1 Å². The number of aryl methyl sites for hydroxylation is 2. The summed E-state index contributed by atoms with van der Waals surface area (Å²) in [6, 6.07) is 0.608. The van der Waals surface area contributed by atoms with Gasteiger partial charge in [0.2, 0.25) is 0 Å². The van der Waals surface area contributed by atoms with Gasteiger partial charge in [0.15, 0.2) is 0 Å². The molecule has 1 aromatic heterocycles. The Morgan fingerprint density at radius 1 is 1.05 bits per heavy atom. The molecule has 116 valence electrons. The van der Waals surface area contributed by atoms with Gasteiger partial charge in [-0.1, -0.05) is 52.4 Å². The molecule has 0 fully saturated rings. The number of nitrogens with zero attached hydrogens (tertiary/aromatic N) is 1. The number of unbranched alkanes of at least 4 members (excludes halogenated alkanes) is 5. The normalized spacial score (nSPS) is 12.8. The number of likely N-dealkylation sites (N-methyl/N-ethyl adjacent to an activating group) is 1. The van der Waals surface area contributed by atoms with Gasteiger partial charge in [-0.3, -0.25) is 0 Å². The molecule has 0 amide bonds. The third-order valence-corrected chi connectivity index (χ3v) is 4.99. The van der Waals surface area contributed by atoms with Crippen LogP contribution in [0, 0.1) is 13.8 Å². The molecule has 1 heterocycles. The number of thiazole rings is 1. The predicted octanol–water partition coefficient (Wildman–Crippen LogP) is 5.03. The molecule has 3 heteroatoms. The van der Waals surface area contributed by atoms with E-state index in [-0.39, 0.29) is 0 Å². The van der Waals surface area contributed by atoms with Gasteiger partial charge in [0.25, 0.3) is 0 Å². The average molecular weight is 297 g/mol. The van der Waals surface area contributed by atoms with Crippen molar-refractivity contribution in [1.29, 1.82) is 0 Å². The molecule has 2 nitrogen and oxygen atoms in total. The van der Waals surface area contributed by atoms with Crippen LogP contribution >= 0.6 is 11.3 Å². The Kier molecular flexibility index (Phi) is 9.12. The zero-order valence-corrected chi connectivity index (χ0v) is 14.6. The first-order valence-corrected chi connectivity index (χ1v) is 9.15. The monoisotopic (exact) mass is 296 g/mol. The summed E-state index contributed by atoms with van der Waals surface area (Å²) in [6.07, 6.45) is 10.7. The Hall–Kier alpha value is -0.410. The van der Waals surface area contributed by atoms with Crippen molar-refractivity contribution in [2.75, 3.05) is 6.54 Å². The lowest BCUT2D eigenvalue weighted by molar-refractivity contribution is 0.459. The zero-order valence-electron chi connectivity index (χ0n) is 13.8. The highest BCUT2D eigenvalue weighted by atomic mass is 32.1. The van der Waals surface area contributed by atoms with Gasteiger partial charge >= 0.3 is 0 Å². The maximum Gasteiger partial charge on any atom is 0.0946 e. The first-order chi connectivity index (χ1) is 9.67. The largest absolute Gasteiger partial charge is 0.314 e. The second-order valence-corrected chi connectivity index (χ2v) is 7.05. The van der Waals surface area contributed by atoms with Crippen LogP contribution in [0.1, 0.15) is 74.4 Å². The van der Waals surface area contributed by atoms with Crippen LogP contribution in [0.3, 0.4) is 0 Å². The number of nitrogens with one attached hydrogen (secondary N) is 1. The minimum absolute atomic E-state index is 0.608. The molecule has 0 aliphatic heterocycles. The first kappa shape index (κ1) is 17.6. The van der Waals surface area contributed by atoms with Gasteiger partial charge in [-0.2, -0.15) is 0 Å². The van der Waals surface area contributed by atoms with Crippen molar-refractivity contribution in [1.82, 2.24) is 10.3 Å². The summed E-state index contributed by atoms with van der Waals surface area (Å²) in [4.78, 5) is 6.05. The molecule has 0 bridgehead atoms. The summed E-state index contributed by atoms with van der Waals surface area (Å²) >= 11 is 1.87. The Morgan fingerprint density at radius 3 is 2.35 bits per heavy atom. The second-order valence-electron chi connectivity index (χ2n) is 5.76. The second kappa shape index (κ2) is 10.3. The van der Waals surface area contributed by atoms with Gasteiger partial charge in [-0.05, 0) is 26.8 Å². The Labute approximate surface area is 129 Å². The molecule has 0 aliphatic carbocycles. The standard InChI is InChI=1S/C17H32N2S/c1-5-7-8-9-10-11-12-16(18-6-2)13-17-19-14(3)15(4)20-17/h16,18H,5-13H2,1-4H3. The van der Waals surface area contributed by atoms with E-state index >= 15 is 0 Å². The molecule has 0 radical (unpaired) electrons. The highest BCUT2D eigenvalue weighted by Crippen LogP contribution is 2.19. The summed E-state index contributed by atoms with van der Waals surface area (Å²) < 4.78 is 0. The van der Waals surface area contributed by atoms with Gasteiger partial charge in [-0.25, -0.2) is 4.98 Å². The minimum atomic E-state index is 0.608. The summed E-state index contributed by atoms with van der Waals surface area (Å²) in [7, 11) is 0. The van der Waals surface area contributed by atoms with E-state index in [2.05, 4.69) is 38.0 Å². The third-order valence-electron chi connectivity index (χ3n) is 3.89. The zero-order chi connectivity index (χ0) is 14.8. The molecule has 0 aromatic carbocycles. The quantitative estimate of drug-likeness (QED) is 0.579. The molecule has 20 heavy (non-hydrogen) atoms. The Morgan fingerprint density at radius 2 is 1.75 bits per heavy atom. The molecule has 1 unspecified atom stereocenters. The van der Waals surface area contributed by atoms with Crippen molar-refractivity contribution >= 4 is 11.3 Å². The topological polar surface area (TPSA) is 24.9 Å². The van der Waals surface area contributed by atoms with Crippen molar-refractivity contribution in [3.8, 4) is 0 Å². The molecule has 0 saturated carbocycles. The Balaban J connectivity index is 2.29. The lowest BCUT2D eigenvalue weighted by Crippen LogP contribution is -2.30. The van der Waals surface area contributed by atoms with Gasteiger partial charge < -0.3 is 5.32 Å². The molecule has 0 spiro atoms. The molecule has 1 aromatic rings. The van der Waals surface area contributed by atoms with Crippen LogP contribution in [0.15, 0.2) is 0 Å². The fraction of sp³-hybridized carbons (Fsp3) is 0.824. The number of hydrogen-bond donors (Lipinski definition) is 1. The van der Waals surface area contributed by atoms with E-state index < -0.39 is 0 Å². The van der Waals surface area contributed by atoms with Crippen molar-refractivity contribution < 1.29 is 0 Å². The van der Waals surface area contributed by atoms with E-state index in [1.54, 1.807) is 0 Å². The summed E-state index contributed by atoms with van der Waals surface area (Å²) in [6.45, 7) is 9.83. The predicted molar refractivity (Wildman–Crippen MR) is 90.7 cm³/mol. The summed E-state index contributed by atoms with van der Waals surface area (Å²) in [5.74, 6) is 0. The van der Waals surface area contributed by atoms with Crippen molar-refractivity contribution in [3.63, 3.8) is 0 Å². The van der Waals surface area contributed by atoms with Crippen LogP contribution in [0.5, 0.6) is 0 Å². The summed E-state index contributed by atoms with van der Waals surface area (Å²) in [5, 5.41) is 4.93. The van der Waals surface area contributed by atoms with Crippen LogP contribution < -0.4 is 5.32 Å². The average Bonchev–Trinajstić information content (AvgIpc) is 2.72. The van der Waals surface area contributed by atoms with Gasteiger partial charge in [0, 0.05) is 17.3 Å². The molecule has 1 N–H and O–H groups in total. The molecule has 1 rings (SSSR count). The Bertz CT molecular complexity index is 340. The first-order valence-electron chi connectivity index (χ1n) is 8.33. The van der Waals surface area contributed by atoms with Gasteiger partial charge in [-0.15, -0.1) is 11.3 Å². The lowest BCUT2D eigenvalue weighted by Gasteiger charge is -2.16. The van der Waals surface area contributed by atoms with E-state index in [0.29, 0.717) is 6.04 Å². The number of aromatic nitrogens is 1. The van der Waals surface area contributed by atoms with Crippen LogP contribution in [-0.4, -0.2) is 17.6 Å². The van der Waals surface area contributed by atoms with Gasteiger partial charge in [0.1, 0.15) is 0 Å². The van der Waals surface area contributed by atoms with E-state index in [1.165, 1.54) is 60.5 Å². The maximum atomic E-state index is 4.68. The fourth-order valence-electron chi connectivity index (χ4n) is 2.57. The van der Waals surface area contributed by atoms with Crippen LogP contribution in [0.25, 0.3) is 0 Å². The van der Waals surface area contributed by atoms with Crippen LogP contribution in [0.4, 0.5) is 0 Å².